The minimum absolute atomic E-state index is 0.0404. The van der Waals surface area contributed by atoms with Crippen molar-refractivity contribution >= 4 is 29.5 Å². The van der Waals surface area contributed by atoms with Crippen LogP contribution in [0.4, 0.5) is 5.82 Å². The van der Waals surface area contributed by atoms with E-state index >= 15 is 0 Å². The third-order valence-corrected chi connectivity index (χ3v) is 2.52. The van der Waals surface area contributed by atoms with Gasteiger partial charge in [0, 0.05) is 17.5 Å². The molecule has 0 atom stereocenters. The number of carbonyl (C=O) groups is 2. The van der Waals surface area contributed by atoms with Crippen molar-refractivity contribution in [3.63, 3.8) is 0 Å². The zero-order chi connectivity index (χ0) is 12.0. The second kappa shape index (κ2) is 6.12. The summed E-state index contributed by atoms with van der Waals surface area (Å²) in [6.45, 7) is 0. The van der Waals surface area contributed by atoms with E-state index in [9.17, 15) is 9.59 Å². The molecule has 0 saturated heterocycles. The van der Waals surface area contributed by atoms with Crippen LogP contribution < -0.4 is 5.32 Å². The van der Waals surface area contributed by atoms with Crippen LogP contribution in [0.5, 0.6) is 0 Å². The Kier molecular flexibility index (Phi) is 4.78. The molecule has 1 aromatic heterocycles. The second-order valence-corrected chi connectivity index (χ2v) is 3.90. The fourth-order valence-corrected chi connectivity index (χ4v) is 1.36. The van der Waals surface area contributed by atoms with Crippen LogP contribution in [0, 0.1) is 0 Å². The number of carboxylic acids is 1. The van der Waals surface area contributed by atoms with E-state index in [1.54, 1.807) is 24.0 Å². The number of aliphatic carboxylic acids is 1. The van der Waals surface area contributed by atoms with Crippen molar-refractivity contribution in [2.24, 2.45) is 0 Å². The predicted molar refractivity (Wildman–Crippen MR) is 61.5 cm³/mol. The van der Waals surface area contributed by atoms with Crippen LogP contribution in [0.3, 0.4) is 0 Å². The van der Waals surface area contributed by atoms with Gasteiger partial charge in [0.1, 0.15) is 5.82 Å². The molecule has 0 fully saturated rings. The third-order valence-electron chi connectivity index (χ3n) is 1.81. The van der Waals surface area contributed by atoms with Crippen LogP contribution in [-0.4, -0.2) is 28.2 Å². The van der Waals surface area contributed by atoms with Gasteiger partial charge in [-0.1, -0.05) is 0 Å². The molecule has 1 aromatic rings. The highest BCUT2D eigenvalue weighted by Crippen LogP contribution is 2.14. The van der Waals surface area contributed by atoms with Gasteiger partial charge in [-0.3, -0.25) is 9.59 Å². The summed E-state index contributed by atoms with van der Waals surface area (Å²) in [5.74, 6) is -0.888. The van der Waals surface area contributed by atoms with Crippen LogP contribution in [0.2, 0.25) is 0 Å². The minimum Gasteiger partial charge on any atom is -0.481 e. The lowest BCUT2D eigenvalue weighted by atomic mass is 10.3. The number of nitrogens with zero attached hydrogens (tertiary/aromatic N) is 1. The second-order valence-electron chi connectivity index (χ2n) is 3.03. The Bertz CT molecular complexity index is 378. The number of rotatable bonds is 5. The van der Waals surface area contributed by atoms with E-state index in [-0.39, 0.29) is 18.7 Å². The van der Waals surface area contributed by atoms with E-state index in [1.165, 1.54) is 0 Å². The van der Waals surface area contributed by atoms with E-state index in [1.807, 2.05) is 12.3 Å². The van der Waals surface area contributed by atoms with Crippen molar-refractivity contribution in [2.45, 2.75) is 17.7 Å². The summed E-state index contributed by atoms with van der Waals surface area (Å²) in [7, 11) is 0. The Hall–Kier alpha value is -1.56. The molecule has 0 radical (unpaired) electrons. The number of nitrogens with one attached hydrogen (secondary N) is 1. The molecule has 2 N–H and O–H groups in total. The van der Waals surface area contributed by atoms with Gasteiger partial charge in [0.05, 0.1) is 6.42 Å². The summed E-state index contributed by atoms with van der Waals surface area (Å²) in [6, 6.07) is 3.52. The number of thioether (sulfide) groups is 1. The number of carbonyl (C=O) groups excluding carboxylic acids is 1. The molecule has 5 nitrogen and oxygen atoms in total. The molecular formula is C10H12N2O3S. The van der Waals surface area contributed by atoms with E-state index in [2.05, 4.69) is 10.3 Å². The fraction of sp³-hybridized carbons (Fsp3) is 0.300. The summed E-state index contributed by atoms with van der Waals surface area (Å²) in [5.41, 5.74) is 0. The molecular weight excluding hydrogens is 228 g/mol. The molecule has 0 aliphatic rings. The first kappa shape index (κ1) is 12.5. The lowest BCUT2D eigenvalue weighted by Gasteiger charge is -2.03. The number of aromatic nitrogens is 1. The molecule has 0 aliphatic carbocycles. The third kappa shape index (κ3) is 4.31. The Balaban J connectivity index is 2.46. The van der Waals surface area contributed by atoms with E-state index in [0.717, 1.165) is 4.90 Å². The highest BCUT2D eigenvalue weighted by molar-refractivity contribution is 7.98. The first-order valence-electron chi connectivity index (χ1n) is 4.63. The maximum Gasteiger partial charge on any atom is 0.303 e. The van der Waals surface area contributed by atoms with E-state index < -0.39 is 5.97 Å². The smallest absolute Gasteiger partial charge is 0.303 e. The minimum atomic E-state index is -0.985. The molecule has 0 spiro atoms. The Morgan fingerprint density at radius 2 is 2.19 bits per heavy atom. The predicted octanol–water partition coefficient (Wildman–Crippen LogP) is 1.61. The van der Waals surface area contributed by atoms with Crippen LogP contribution in [0.1, 0.15) is 12.8 Å². The summed E-state index contributed by atoms with van der Waals surface area (Å²) in [6.07, 6.45) is 3.37. The molecule has 0 aromatic carbocycles. The number of hydrogen-bond acceptors (Lipinski definition) is 4. The molecule has 0 unspecified atom stereocenters. The van der Waals surface area contributed by atoms with Crippen molar-refractivity contribution in [3.8, 4) is 0 Å². The van der Waals surface area contributed by atoms with E-state index in [4.69, 9.17) is 5.11 Å². The molecule has 1 rings (SSSR count). The Morgan fingerprint density at radius 1 is 1.44 bits per heavy atom. The highest BCUT2D eigenvalue weighted by Gasteiger charge is 2.06. The quantitative estimate of drug-likeness (QED) is 0.764. The van der Waals surface area contributed by atoms with Crippen LogP contribution in [0.25, 0.3) is 0 Å². The first-order chi connectivity index (χ1) is 7.61. The SMILES string of the molecule is CSc1ccc(NC(=O)CCC(=O)O)nc1. The first-order valence-corrected chi connectivity index (χ1v) is 5.86. The van der Waals surface area contributed by atoms with Crippen molar-refractivity contribution in [1.29, 1.82) is 0 Å². The average Bonchev–Trinajstić information content (AvgIpc) is 2.27. The van der Waals surface area contributed by atoms with Crippen LogP contribution >= 0.6 is 11.8 Å². The van der Waals surface area contributed by atoms with Gasteiger partial charge in [0.25, 0.3) is 0 Å². The molecule has 1 amide bonds. The molecule has 0 aliphatic heterocycles. The topological polar surface area (TPSA) is 79.3 Å². The molecule has 1 heterocycles. The molecule has 0 saturated carbocycles. The van der Waals surface area contributed by atoms with Gasteiger partial charge in [0.2, 0.25) is 5.91 Å². The normalized spacial score (nSPS) is 9.81. The summed E-state index contributed by atoms with van der Waals surface area (Å²) in [4.78, 5) is 26.5. The fourth-order valence-electron chi connectivity index (χ4n) is 1.00. The molecule has 86 valence electrons. The lowest BCUT2D eigenvalue weighted by Crippen LogP contribution is -2.13. The number of anilines is 1. The van der Waals surface area contributed by atoms with Gasteiger partial charge in [0.15, 0.2) is 0 Å². The van der Waals surface area contributed by atoms with Gasteiger partial charge >= 0.3 is 5.97 Å². The maximum absolute atomic E-state index is 11.3. The van der Waals surface area contributed by atoms with Gasteiger partial charge in [-0.2, -0.15) is 0 Å². The van der Waals surface area contributed by atoms with Gasteiger partial charge in [-0.25, -0.2) is 4.98 Å². The number of amides is 1. The van der Waals surface area contributed by atoms with Gasteiger partial charge in [-0.05, 0) is 18.4 Å². The Morgan fingerprint density at radius 3 is 2.69 bits per heavy atom. The van der Waals surface area contributed by atoms with Crippen molar-refractivity contribution in [3.05, 3.63) is 18.3 Å². The number of hydrogen-bond donors (Lipinski definition) is 2. The number of pyridine rings is 1. The standard InChI is InChI=1S/C10H12N2O3S/c1-16-7-2-3-8(11-6-7)12-9(13)4-5-10(14)15/h2-3,6H,4-5H2,1H3,(H,14,15)(H,11,12,13). The summed E-state index contributed by atoms with van der Waals surface area (Å²) >= 11 is 1.56. The zero-order valence-corrected chi connectivity index (χ0v) is 9.58. The van der Waals surface area contributed by atoms with Gasteiger partial charge < -0.3 is 10.4 Å². The summed E-state index contributed by atoms with van der Waals surface area (Å²) < 4.78 is 0. The van der Waals surface area contributed by atoms with Crippen LogP contribution in [0.15, 0.2) is 23.2 Å². The van der Waals surface area contributed by atoms with Crippen molar-refractivity contribution in [1.82, 2.24) is 4.98 Å². The Labute approximate surface area is 97.3 Å². The van der Waals surface area contributed by atoms with Crippen molar-refractivity contribution in [2.75, 3.05) is 11.6 Å². The highest BCUT2D eigenvalue weighted by atomic mass is 32.2. The van der Waals surface area contributed by atoms with Crippen LogP contribution in [-0.2, 0) is 9.59 Å². The van der Waals surface area contributed by atoms with Gasteiger partial charge in [-0.15, -0.1) is 11.8 Å². The lowest BCUT2D eigenvalue weighted by molar-refractivity contribution is -0.138. The molecule has 6 heteroatoms. The maximum atomic E-state index is 11.3. The van der Waals surface area contributed by atoms with E-state index in [0.29, 0.717) is 5.82 Å². The largest absolute Gasteiger partial charge is 0.481 e. The average molecular weight is 240 g/mol. The summed E-state index contributed by atoms with van der Waals surface area (Å²) in [5, 5.41) is 10.9. The zero-order valence-electron chi connectivity index (χ0n) is 8.77. The molecule has 0 bridgehead atoms. The molecule has 16 heavy (non-hydrogen) atoms. The monoisotopic (exact) mass is 240 g/mol. The van der Waals surface area contributed by atoms with Crippen molar-refractivity contribution < 1.29 is 14.7 Å². The number of carboxylic acid groups (broad SMARTS) is 1.